The first-order valence-corrected chi connectivity index (χ1v) is 10.3. The van der Waals surface area contributed by atoms with Crippen LogP contribution in [0, 0.1) is 0 Å². The molecule has 2 aromatic rings. The van der Waals surface area contributed by atoms with Crippen molar-refractivity contribution >= 4 is 23.8 Å². The molecule has 1 heterocycles. The Labute approximate surface area is 182 Å². The number of aromatic carboxylic acids is 1. The molecule has 168 valence electrons. The number of anilines is 2. The number of carboxylic acids is 1. The number of benzene rings is 1. The van der Waals surface area contributed by atoms with Gasteiger partial charge in [0.2, 0.25) is 5.95 Å². The fourth-order valence-electron chi connectivity index (χ4n) is 2.58. The van der Waals surface area contributed by atoms with Gasteiger partial charge in [0.1, 0.15) is 17.0 Å². The maximum Gasteiger partial charge on any atom is 0.407 e. The summed E-state index contributed by atoms with van der Waals surface area (Å²) < 4.78 is 5.22. The van der Waals surface area contributed by atoms with Gasteiger partial charge in [-0.2, -0.15) is 4.98 Å². The van der Waals surface area contributed by atoms with Crippen molar-refractivity contribution in [2.75, 3.05) is 17.2 Å². The molecular formula is C22H31N5O4. The number of hydrogen-bond acceptors (Lipinski definition) is 7. The molecule has 1 aromatic heterocycles. The second-order valence-corrected chi connectivity index (χ2v) is 8.07. The Hall–Kier alpha value is -3.36. The van der Waals surface area contributed by atoms with Gasteiger partial charge in [0.15, 0.2) is 0 Å². The van der Waals surface area contributed by atoms with E-state index in [4.69, 9.17) is 4.74 Å². The van der Waals surface area contributed by atoms with Gasteiger partial charge in [-0.05, 0) is 38.3 Å². The molecule has 0 spiro atoms. The minimum atomic E-state index is -1.09. The van der Waals surface area contributed by atoms with Gasteiger partial charge in [0.25, 0.3) is 0 Å². The molecule has 0 aliphatic rings. The predicted octanol–water partition coefficient (Wildman–Crippen LogP) is 4.02. The summed E-state index contributed by atoms with van der Waals surface area (Å²) in [6.07, 6.45) is 2.85. The molecule has 0 aliphatic carbocycles. The second kappa shape index (κ2) is 11.1. The van der Waals surface area contributed by atoms with Gasteiger partial charge in [-0.25, -0.2) is 14.6 Å². The van der Waals surface area contributed by atoms with Crippen LogP contribution in [0.2, 0.25) is 0 Å². The fraction of sp³-hybridized carbons (Fsp3) is 0.455. The van der Waals surface area contributed by atoms with Crippen molar-refractivity contribution in [2.45, 2.75) is 59.2 Å². The molecule has 2 rings (SSSR count). The van der Waals surface area contributed by atoms with Gasteiger partial charge in [-0.1, -0.05) is 37.6 Å². The number of alkyl carbamates (subject to hydrolysis) is 1. The smallest absolute Gasteiger partial charge is 0.407 e. The summed E-state index contributed by atoms with van der Waals surface area (Å²) in [5.74, 6) is -0.437. The first kappa shape index (κ1) is 23.9. The minimum Gasteiger partial charge on any atom is -0.477 e. The molecule has 9 heteroatoms. The number of nitrogens with one attached hydrogen (secondary N) is 3. The first-order valence-electron chi connectivity index (χ1n) is 10.3. The Balaban J connectivity index is 1.95. The summed E-state index contributed by atoms with van der Waals surface area (Å²) in [4.78, 5) is 31.6. The molecule has 9 nitrogen and oxygen atoms in total. The maximum absolute atomic E-state index is 11.7. The zero-order valence-corrected chi connectivity index (χ0v) is 18.5. The van der Waals surface area contributed by atoms with Crippen molar-refractivity contribution in [3.05, 3.63) is 47.2 Å². The normalized spacial score (nSPS) is 11.0. The summed E-state index contributed by atoms with van der Waals surface area (Å²) in [6.45, 7) is 8.99. The maximum atomic E-state index is 11.7. The third kappa shape index (κ3) is 8.49. The third-order valence-electron chi connectivity index (χ3n) is 4.15. The number of ether oxygens (including phenoxy) is 1. The third-order valence-corrected chi connectivity index (χ3v) is 4.15. The number of rotatable bonds is 10. The molecule has 0 saturated heterocycles. The molecule has 0 unspecified atom stereocenters. The number of unbranched alkanes of at least 4 members (excludes halogenated alkanes) is 1. The van der Waals surface area contributed by atoms with Crippen LogP contribution in [0.25, 0.3) is 0 Å². The Morgan fingerprint density at radius 1 is 1.06 bits per heavy atom. The largest absolute Gasteiger partial charge is 0.477 e. The molecule has 0 radical (unpaired) electrons. The van der Waals surface area contributed by atoms with E-state index in [9.17, 15) is 14.7 Å². The van der Waals surface area contributed by atoms with Crippen molar-refractivity contribution in [1.82, 2.24) is 15.3 Å². The monoisotopic (exact) mass is 429 g/mol. The zero-order chi connectivity index (χ0) is 22.9. The molecule has 0 atom stereocenters. The molecule has 1 amide bonds. The summed E-state index contributed by atoms with van der Waals surface area (Å²) in [5, 5.41) is 18.3. The summed E-state index contributed by atoms with van der Waals surface area (Å²) in [6, 6.07) is 7.59. The first-order chi connectivity index (χ1) is 14.7. The van der Waals surface area contributed by atoms with E-state index >= 15 is 0 Å². The van der Waals surface area contributed by atoms with Crippen LogP contribution in [0.3, 0.4) is 0 Å². The highest BCUT2D eigenvalue weighted by Gasteiger charge is 2.16. The molecule has 31 heavy (non-hydrogen) atoms. The molecule has 0 fully saturated rings. The Morgan fingerprint density at radius 3 is 2.29 bits per heavy atom. The highest BCUT2D eigenvalue weighted by molar-refractivity contribution is 5.92. The van der Waals surface area contributed by atoms with E-state index in [-0.39, 0.29) is 11.4 Å². The topological polar surface area (TPSA) is 125 Å². The van der Waals surface area contributed by atoms with Gasteiger partial charge < -0.3 is 25.8 Å². The molecular weight excluding hydrogens is 398 g/mol. The van der Waals surface area contributed by atoms with E-state index in [2.05, 4.69) is 32.8 Å². The van der Waals surface area contributed by atoms with Crippen molar-refractivity contribution < 1.29 is 19.4 Å². The van der Waals surface area contributed by atoms with E-state index in [1.54, 1.807) is 0 Å². The Kier molecular flexibility index (Phi) is 8.60. The quantitative estimate of drug-likeness (QED) is 0.417. The predicted molar refractivity (Wildman–Crippen MR) is 119 cm³/mol. The summed E-state index contributed by atoms with van der Waals surface area (Å²) in [5.41, 5.74) is 1.34. The number of aromatic nitrogens is 2. The van der Waals surface area contributed by atoms with Gasteiger partial charge in [0, 0.05) is 25.8 Å². The minimum absolute atomic E-state index is 0.0132. The zero-order valence-electron chi connectivity index (χ0n) is 18.5. The fourth-order valence-corrected chi connectivity index (χ4v) is 2.58. The van der Waals surface area contributed by atoms with E-state index in [1.165, 1.54) is 6.20 Å². The van der Waals surface area contributed by atoms with Crippen LogP contribution < -0.4 is 16.0 Å². The lowest BCUT2D eigenvalue weighted by Gasteiger charge is -2.19. The van der Waals surface area contributed by atoms with Crippen LogP contribution in [-0.2, 0) is 17.8 Å². The van der Waals surface area contributed by atoms with Gasteiger partial charge in [0.05, 0.1) is 0 Å². The number of hydrogen-bond donors (Lipinski definition) is 4. The summed E-state index contributed by atoms with van der Waals surface area (Å²) >= 11 is 0. The van der Waals surface area contributed by atoms with Crippen LogP contribution >= 0.6 is 0 Å². The van der Waals surface area contributed by atoms with E-state index < -0.39 is 17.7 Å². The van der Waals surface area contributed by atoms with Crippen LogP contribution in [-0.4, -0.2) is 39.3 Å². The van der Waals surface area contributed by atoms with Crippen molar-refractivity contribution in [3.63, 3.8) is 0 Å². The van der Waals surface area contributed by atoms with E-state index in [0.717, 1.165) is 30.5 Å². The van der Waals surface area contributed by atoms with Crippen molar-refractivity contribution in [2.24, 2.45) is 0 Å². The van der Waals surface area contributed by atoms with Gasteiger partial charge in [-0.3, -0.25) is 0 Å². The molecule has 1 aromatic carbocycles. The number of carbonyl (C=O) groups excluding carboxylic acids is 1. The average molecular weight is 430 g/mol. The van der Waals surface area contributed by atoms with Crippen molar-refractivity contribution in [3.8, 4) is 0 Å². The highest BCUT2D eigenvalue weighted by Crippen LogP contribution is 2.16. The second-order valence-electron chi connectivity index (χ2n) is 8.07. The van der Waals surface area contributed by atoms with Crippen LogP contribution in [0.4, 0.5) is 16.6 Å². The van der Waals surface area contributed by atoms with Gasteiger partial charge in [-0.15, -0.1) is 0 Å². The van der Waals surface area contributed by atoms with Crippen LogP contribution in [0.1, 0.15) is 62.0 Å². The summed E-state index contributed by atoms with van der Waals surface area (Å²) in [7, 11) is 0. The van der Waals surface area contributed by atoms with E-state index in [1.807, 2.05) is 45.0 Å². The van der Waals surface area contributed by atoms with Crippen LogP contribution in [0.15, 0.2) is 30.5 Å². The Morgan fingerprint density at radius 2 is 1.71 bits per heavy atom. The van der Waals surface area contributed by atoms with E-state index in [0.29, 0.717) is 19.0 Å². The number of carboxylic acid groups (broad SMARTS) is 1. The number of carbonyl (C=O) groups is 2. The molecule has 4 N–H and O–H groups in total. The SMILES string of the molecule is CCCCNc1ncc(C(=O)O)c(NCc2ccc(CNC(=O)OC(C)(C)C)cc2)n1. The Bertz CT molecular complexity index is 878. The lowest BCUT2D eigenvalue weighted by Crippen LogP contribution is -2.32. The number of nitrogens with zero attached hydrogens (tertiary/aromatic N) is 2. The molecule has 0 aliphatic heterocycles. The molecule has 0 bridgehead atoms. The van der Waals surface area contributed by atoms with Gasteiger partial charge >= 0.3 is 12.1 Å². The number of amides is 1. The lowest BCUT2D eigenvalue weighted by molar-refractivity contribution is 0.0523. The van der Waals surface area contributed by atoms with Crippen molar-refractivity contribution in [1.29, 1.82) is 0 Å². The van der Waals surface area contributed by atoms with Crippen LogP contribution in [0.5, 0.6) is 0 Å². The average Bonchev–Trinajstić information content (AvgIpc) is 2.70. The lowest BCUT2D eigenvalue weighted by atomic mass is 10.1. The standard InChI is InChI=1S/C22H31N5O4/c1-5-6-11-23-20-25-14-17(19(28)29)18(27-20)24-12-15-7-9-16(10-8-15)13-26-21(30)31-22(2,3)4/h7-10,14H,5-6,11-13H2,1-4H3,(H,26,30)(H,28,29)(H2,23,24,25,27). The highest BCUT2D eigenvalue weighted by atomic mass is 16.6. The molecule has 0 saturated carbocycles.